The molecule has 7 heteroatoms. The van der Waals surface area contributed by atoms with Crippen LogP contribution in [0.5, 0.6) is 0 Å². The molecular formula is C19H26N6O. The van der Waals surface area contributed by atoms with Crippen molar-refractivity contribution in [2.75, 3.05) is 44.2 Å². The third-order valence-corrected chi connectivity index (χ3v) is 5.33. The van der Waals surface area contributed by atoms with E-state index in [9.17, 15) is 4.79 Å². The van der Waals surface area contributed by atoms with Gasteiger partial charge in [-0.15, -0.1) is 0 Å². The predicted molar refractivity (Wildman–Crippen MR) is 100 cm³/mol. The zero-order chi connectivity index (χ0) is 17.8. The van der Waals surface area contributed by atoms with Gasteiger partial charge in [0.05, 0.1) is 5.69 Å². The van der Waals surface area contributed by atoms with Gasteiger partial charge < -0.3 is 15.1 Å². The van der Waals surface area contributed by atoms with Crippen LogP contribution in [0.25, 0.3) is 0 Å². The van der Waals surface area contributed by atoms with E-state index in [0.717, 1.165) is 45.0 Å². The van der Waals surface area contributed by atoms with Crippen molar-refractivity contribution in [3.05, 3.63) is 42.5 Å². The molecular weight excluding hydrogens is 328 g/mol. The molecule has 0 saturated carbocycles. The number of anilines is 1. The molecule has 2 aliphatic heterocycles. The number of rotatable bonds is 4. The fraction of sp³-hybridized carbons (Fsp3) is 0.526. The lowest BCUT2D eigenvalue weighted by Crippen LogP contribution is -2.49. The summed E-state index contributed by atoms with van der Waals surface area (Å²) in [6.45, 7) is 5.63. The van der Waals surface area contributed by atoms with Gasteiger partial charge in [-0.05, 0) is 37.6 Å². The van der Waals surface area contributed by atoms with Crippen molar-refractivity contribution in [1.29, 1.82) is 0 Å². The number of nitrogens with zero attached hydrogens (tertiary/aromatic N) is 5. The first-order chi connectivity index (χ1) is 12.8. The average molecular weight is 354 g/mol. The average Bonchev–Trinajstić information content (AvgIpc) is 3.18. The lowest BCUT2D eigenvalue weighted by molar-refractivity contribution is -0.132. The van der Waals surface area contributed by atoms with Crippen molar-refractivity contribution in [3.8, 4) is 0 Å². The molecule has 0 unspecified atom stereocenters. The lowest BCUT2D eigenvalue weighted by Gasteiger charge is -2.36. The quantitative estimate of drug-likeness (QED) is 0.890. The summed E-state index contributed by atoms with van der Waals surface area (Å²) >= 11 is 0. The van der Waals surface area contributed by atoms with Crippen molar-refractivity contribution >= 4 is 11.6 Å². The number of pyridine rings is 1. The molecule has 0 bridgehead atoms. The molecule has 26 heavy (non-hydrogen) atoms. The maximum atomic E-state index is 12.6. The van der Waals surface area contributed by atoms with E-state index < -0.39 is 0 Å². The van der Waals surface area contributed by atoms with Crippen molar-refractivity contribution in [2.45, 2.75) is 25.3 Å². The molecule has 1 amide bonds. The van der Waals surface area contributed by atoms with Gasteiger partial charge in [0.2, 0.25) is 5.91 Å². The number of nitrogens with one attached hydrogen (secondary N) is 1. The second-order valence-corrected chi connectivity index (χ2v) is 7.05. The summed E-state index contributed by atoms with van der Waals surface area (Å²) in [7, 11) is 0. The minimum atomic E-state index is 0.149. The van der Waals surface area contributed by atoms with Crippen LogP contribution in [-0.4, -0.2) is 64.8 Å². The van der Waals surface area contributed by atoms with Gasteiger partial charge in [0, 0.05) is 62.9 Å². The normalized spacial score (nSPS) is 21.0. The van der Waals surface area contributed by atoms with Crippen molar-refractivity contribution in [1.82, 2.24) is 25.0 Å². The van der Waals surface area contributed by atoms with Gasteiger partial charge in [0.1, 0.15) is 6.54 Å². The molecule has 4 heterocycles. The lowest BCUT2D eigenvalue weighted by atomic mass is 9.97. The predicted octanol–water partition coefficient (Wildman–Crippen LogP) is 1.09. The minimum Gasteiger partial charge on any atom is -0.368 e. The number of amides is 1. The number of piperidine rings is 1. The van der Waals surface area contributed by atoms with Crippen LogP contribution in [0, 0.1) is 0 Å². The summed E-state index contributed by atoms with van der Waals surface area (Å²) in [5.74, 6) is 0.625. The van der Waals surface area contributed by atoms with Crippen molar-refractivity contribution in [3.63, 3.8) is 0 Å². The summed E-state index contributed by atoms with van der Waals surface area (Å²) in [6.07, 6.45) is 7.93. The molecule has 0 aliphatic carbocycles. The van der Waals surface area contributed by atoms with Gasteiger partial charge in [-0.2, -0.15) is 5.10 Å². The number of hydrogen-bond donors (Lipinski definition) is 1. The van der Waals surface area contributed by atoms with Crippen LogP contribution >= 0.6 is 0 Å². The van der Waals surface area contributed by atoms with E-state index in [-0.39, 0.29) is 5.91 Å². The molecule has 2 saturated heterocycles. The SMILES string of the molecule is O=C(Cn1ccc([C@H]2CCCNC2)n1)N1CCN(c2ccncc2)CC1. The molecule has 1 N–H and O–H groups in total. The van der Waals surface area contributed by atoms with Crippen molar-refractivity contribution < 1.29 is 4.79 Å². The van der Waals surface area contributed by atoms with Crippen LogP contribution in [0.15, 0.2) is 36.8 Å². The van der Waals surface area contributed by atoms with E-state index in [1.54, 1.807) is 4.68 Å². The van der Waals surface area contributed by atoms with Gasteiger partial charge in [-0.1, -0.05) is 0 Å². The number of carbonyl (C=O) groups excluding carboxylic acids is 1. The summed E-state index contributed by atoms with van der Waals surface area (Å²) in [5, 5.41) is 8.06. The fourth-order valence-electron chi connectivity index (χ4n) is 3.79. The van der Waals surface area contributed by atoms with Crippen molar-refractivity contribution in [2.24, 2.45) is 0 Å². The Morgan fingerprint density at radius 3 is 2.69 bits per heavy atom. The third kappa shape index (κ3) is 3.88. The minimum absolute atomic E-state index is 0.149. The van der Waals surface area contributed by atoms with E-state index >= 15 is 0 Å². The zero-order valence-electron chi connectivity index (χ0n) is 15.0. The van der Waals surface area contributed by atoms with Gasteiger partial charge >= 0.3 is 0 Å². The maximum Gasteiger partial charge on any atom is 0.244 e. The van der Waals surface area contributed by atoms with Crippen LogP contribution in [0.1, 0.15) is 24.5 Å². The Labute approximate surface area is 154 Å². The monoisotopic (exact) mass is 354 g/mol. The molecule has 7 nitrogen and oxygen atoms in total. The fourth-order valence-corrected chi connectivity index (χ4v) is 3.79. The van der Waals surface area contributed by atoms with Crippen LogP contribution in [0.4, 0.5) is 5.69 Å². The Hall–Kier alpha value is -2.41. The molecule has 2 aromatic rings. The summed E-state index contributed by atoms with van der Waals surface area (Å²) in [6, 6.07) is 6.10. The summed E-state index contributed by atoms with van der Waals surface area (Å²) in [4.78, 5) is 20.9. The smallest absolute Gasteiger partial charge is 0.244 e. The highest BCUT2D eigenvalue weighted by molar-refractivity contribution is 5.76. The molecule has 138 valence electrons. The highest BCUT2D eigenvalue weighted by atomic mass is 16.2. The van der Waals surface area contributed by atoms with Crippen LogP contribution < -0.4 is 10.2 Å². The second-order valence-electron chi connectivity index (χ2n) is 7.05. The highest BCUT2D eigenvalue weighted by Gasteiger charge is 2.22. The highest BCUT2D eigenvalue weighted by Crippen LogP contribution is 2.21. The van der Waals surface area contributed by atoms with E-state index in [2.05, 4.69) is 26.4 Å². The Kier molecular flexibility index (Phi) is 5.15. The van der Waals surface area contributed by atoms with Crippen LogP contribution in [-0.2, 0) is 11.3 Å². The molecule has 0 radical (unpaired) electrons. The van der Waals surface area contributed by atoms with Gasteiger partial charge in [-0.25, -0.2) is 0 Å². The maximum absolute atomic E-state index is 12.6. The molecule has 2 aliphatic rings. The summed E-state index contributed by atoms with van der Waals surface area (Å²) < 4.78 is 1.79. The molecule has 2 fully saturated rings. The molecule has 2 aromatic heterocycles. The second kappa shape index (κ2) is 7.86. The molecule has 1 atom stereocenters. The Morgan fingerprint density at radius 1 is 1.15 bits per heavy atom. The van der Waals surface area contributed by atoms with E-state index in [1.807, 2.05) is 35.6 Å². The Morgan fingerprint density at radius 2 is 1.96 bits per heavy atom. The number of hydrogen-bond acceptors (Lipinski definition) is 5. The van der Waals surface area contributed by atoms with Gasteiger partial charge in [0.25, 0.3) is 0 Å². The van der Waals surface area contributed by atoms with E-state index in [4.69, 9.17) is 0 Å². The number of carbonyl (C=O) groups is 1. The van der Waals surface area contributed by atoms with Gasteiger partial charge in [0.15, 0.2) is 0 Å². The molecule has 0 spiro atoms. The van der Waals surface area contributed by atoms with E-state index in [1.165, 1.54) is 18.5 Å². The molecule has 0 aromatic carbocycles. The first-order valence-corrected chi connectivity index (χ1v) is 9.46. The first kappa shape index (κ1) is 17.0. The van der Waals surface area contributed by atoms with E-state index in [0.29, 0.717) is 12.5 Å². The topological polar surface area (TPSA) is 66.3 Å². The first-order valence-electron chi connectivity index (χ1n) is 9.46. The molecule has 4 rings (SSSR count). The zero-order valence-corrected chi connectivity index (χ0v) is 15.0. The Bertz CT molecular complexity index is 717. The summed E-state index contributed by atoms with van der Waals surface area (Å²) in [5.41, 5.74) is 2.28. The number of piperazine rings is 1. The Balaban J connectivity index is 1.30. The van der Waals surface area contributed by atoms with Crippen LogP contribution in [0.3, 0.4) is 0 Å². The number of aromatic nitrogens is 3. The van der Waals surface area contributed by atoms with Crippen LogP contribution in [0.2, 0.25) is 0 Å². The largest absolute Gasteiger partial charge is 0.368 e. The van der Waals surface area contributed by atoms with Gasteiger partial charge in [-0.3, -0.25) is 14.5 Å². The third-order valence-electron chi connectivity index (χ3n) is 5.33. The standard InChI is InChI=1S/C19H26N6O/c26-19(15-25-9-5-18(22-25)16-2-1-6-21-14-16)24-12-10-23(11-13-24)17-3-7-20-8-4-17/h3-5,7-9,16,21H,1-2,6,10-15H2/t16-/m0/s1.